The van der Waals surface area contributed by atoms with Crippen LogP contribution in [0.2, 0.25) is 0 Å². The molecule has 162 valence electrons. The molecule has 1 fully saturated rings. The van der Waals surface area contributed by atoms with Crippen molar-refractivity contribution in [1.82, 2.24) is 16.2 Å². The lowest BCUT2D eigenvalue weighted by atomic mass is 10.2. The van der Waals surface area contributed by atoms with E-state index in [1.54, 1.807) is 0 Å². The molecule has 2 amide bonds. The van der Waals surface area contributed by atoms with E-state index in [1.807, 2.05) is 0 Å². The molecular weight excluding hydrogens is 425 g/mol. The summed E-state index contributed by atoms with van der Waals surface area (Å²) in [6, 6.07) is 8.94. The molecule has 3 rings (SSSR count). The first kappa shape index (κ1) is 21.9. The molecule has 1 heterocycles. The van der Waals surface area contributed by atoms with Gasteiger partial charge in [0.15, 0.2) is 0 Å². The van der Waals surface area contributed by atoms with Gasteiger partial charge in [-0.05, 0) is 48.5 Å². The predicted molar refractivity (Wildman–Crippen MR) is 102 cm³/mol. The lowest BCUT2D eigenvalue weighted by Crippen LogP contribution is -2.34. The predicted octanol–water partition coefficient (Wildman–Crippen LogP) is 2.26. The van der Waals surface area contributed by atoms with Gasteiger partial charge in [-0.3, -0.25) is 10.9 Å². The smallest absolute Gasteiger partial charge is 0.406 e. The van der Waals surface area contributed by atoms with Gasteiger partial charge in [-0.2, -0.15) is 0 Å². The van der Waals surface area contributed by atoms with Crippen LogP contribution in [0.15, 0.2) is 58.3 Å². The third kappa shape index (κ3) is 5.84. The standard InChI is InChI=1S/C18H19F3N4O4S/c19-18(20,21)29-14-3-7-16(8-4-14)30(27,28)15-5-1-13(2-6-15)25-17(26)22-9-12-10-23-24-11-12/h1-8,12,23-24H,9-11H2,(H2,22,25,26). The van der Waals surface area contributed by atoms with Crippen molar-refractivity contribution in [2.45, 2.75) is 16.2 Å². The maximum Gasteiger partial charge on any atom is 0.573 e. The highest BCUT2D eigenvalue weighted by Crippen LogP contribution is 2.27. The van der Waals surface area contributed by atoms with Crippen molar-refractivity contribution in [3.63, 3.8) is 0 Å². The van der Waals surface area contributed by atoms with E-state index < -0.39 is 28.0 Å². The first-order chi connectivity index (χ1) is 14.1. The fourth-order valence-electron chi connectivity index (χ4n) is 2.74. The normalized spacial score (nSPS) is 15.0. The Bertz CT molecular complexity index is 974. The molecule has 0 unspecified atom stereocenters. The van der Waals surface area contributed by atoms with Gasteiger partial charge in [-0.25, -0.2) is 13.2 Å². The van der Waals surface area contributed by atoms with Crippen molar-refractivity contribution in [2.75, 3.05) is 25.0 Å². The number of urea groups is 1. The monoisotopic (exact) mass is 444 g/mol. The summed E-state index contributed by atoms with van der Waals surface area (Å²) in [5.74, 6) is -0.243. The molecular formula is C18H19F3N4O4S. The largest absolute Gasteiger partial charge is 0.573 e. The van der Waals surface area contributed by atoms with Gasteiger partial charge in [0.25, 0.3) is 0 Å². The maximum absolute atomic E-state index is 12.6. The van der Waals surface area contributed by atoms with E-state index >= 15 is 0 Å². The van der Waals surface area contributed by atoms with Crippen LogP contribution in [0.3, 0.4) is 0 Å². The fraction of sp³-hybridized carbons (Fsp3) is 0.278. The zero-order valence-electron chi connectivity index (χ0n) is 15.5. The highest BCUT2D eigenvalue weighted by Gasteiger charge is 2.31. The second-order valence-corrected chi connectivity index (χ2v) is 8.46. The summed E-state index contributed by atoms with van der Waals surface area (Å²) in [6.45, 7) is 1.97. The molecule has 2 aromatic rings. The Kier molecular flexibility index (Phi) is 6.48. The number of benzene rings is 2. The molecule has 4 N–H and O–H groups in total. The van der Waals surface area contributed by atoms with Gasteiger partial charge in [-0.15, -0.1) is 13.2 Å². The Morgan fingerprint density at radius 2 is 1.53 bits per heavy atom. The molecule has 0 radical (unpaired) electrons. The number of ether oxygens (including phenoxy) is 1. The average molecular weight is 444 g/mol. The van der Waals surface area contributed by atoms with Gasteiger partial charge in [0, 0.05) is 31.2 Å². The Hall–Kier alpha value is -2.83. The van der Waals surface area contributed by atoms with Crippen LogP contribution in [0.5, 0.6) is 5.75 Å². The molecule has 30 heavy (non-hydrogen) atoms. The quantitative estimate of drug-likeness (QED) is 0.545. The van der Waals surface area contributed by atoms with Crippen molar-refractivity contribution >= 4 is 21.6 Å². The van der Waals surface area contributed by atoms with Crippen LogP contribution in [-0.4, -0.2) is 40.4 Å². The second kappa shape index (κ2) is 8.90. The first-order valence-corrected chi connectivity index (χ1v) is 10.3. The van der Waals surface area contributed by atoms with Crippen molar-refractivity contribution in [3.05, 3.63) is 48.5 Å². The highest BCUT2D eigenvalue weighted by atomic mass is 32.2. The average Bonchev–Trinajstić information content (AvgIpc) is 3.20. The zero-order chi connectivity index (χ0) is 21.8. The summed E-state index contributed by atoms with van der Waals surface area (Å²) in [4.78, 5) is 11.7. The third-order valence-corrected chi connectivity index (χ3v) is 6.03. The van der Waals surface area contributed by atoms with Gasteiger partial charge in [0.05, 0.1) is 9.79 Å². The molecule has 2 aromatic carbocycles. The van der Waals surface area contributed by atoms with Gasteiger partial charge >= 0.3 is 12.4 Å². The number of carbonyl (C=O) groups is 1. The number of nitrogens with one attached hydrogen (secondary N) is 4. The number of carbonyl (C=O) groups excluding carboxylic acids is 1. The number of halogens is 3. The first-order valence-electron chi connectivity index (χ1n) is 8.85. The lowest BCUT2D eigenvalue weighted by molar-refractivity contribution is -0.274. The molecule has 12 heteroatoms. The molecule has 0 saturated carbocycles. The second-order valence-electron chi connectivity index (χ2n) is 6.51. The Morgan fingerprint density at radius 3 is 2.07 bits per heavy atom. The molecule has 1 aliphatic rings. The minimum absolute atomic E-state index is 0.0685. The van der Waals surface area contributed by atoms with E-state index in [1.165, 1.54) is 24.3 Å². The Balaban J connectivity index is 1.62. The molecule has 0 atom stereocenters. The highest BCUT2D eigenvalue weighted by molar-refractivity contribution is 7.91. The molecule has 1 saturated heterocycles. The summed E-state index contributed by atoms with van der Waals surface area (Å²) in [5, 5.41) is 5.33. The van der Waals surface area contributed by atoms with Crippen LogP contribution >= 0.6 is 0 Å². The molecule has 8 nitrogen and oxygen atoms in total. The van der Waals surface area contributed by atoms with E-state index in [0.29, 0.717) is 12.2 Å². The van der Waals surface area contributed by atoms with Gasteiger partial charge in [-0.1, -0.05) is 0 Å². The van der Waals surface area contributed by atoms with Crippen LogP contribution in [0, 0.1) is 5.92 Å². The Labute approximate surface area is 170 Å². The van der Waals surface area contributed by atoms with E-state index in [0.717, 1.165) is 37.4 Å². The van der Waals surface area contributed by atoms with Crippen molar-refractivity contribution in [3.8, 4) is 5.75 Å². The Morgan fingerprint density at radius 1 is 1.00 bits per heavy atom. The van der Waals surface area contributed by atoms with Crippen LogP contribution < -0.4 is 26.2 Å². The number of sulfone groups is 1. The van der Waals surface area contributed by atoms with E-state index in [9.17, 15) is 26.4 Å². The molecule has 0 aromatic heterocycles. The fourth-order valence-corrected chi connectivity index (χ4v) is 4.00. The van der Waals surface area contributed by atoms with Crippen LogP contribution in [-0.2, 0) is 9.84 Å². The zero-order valence-corrected chi connectivity index (χ0v) is 16.3. The number of hydrogen-bond donors (Lipinski definition) is 4. The van der Waals surface area contributed by atoms with Crippen LogP contribution in [0.1, 0.15) is 0 Å². The molecule has 0 spiro atoms. The lowest BCUT2D eigenvalue weighted by Gasteiger charge is -2.12. The summed E-state index contributed by atoms with van der Waals surface area (Å²) >= 11 is 0. The van der Waals surface area contributed by atoms with Gasteiger partial charge < -0.3 is 15.4 Å². The number of hydrazine groups is 1. The minimum Gasteiger partial charge on any atom is -0.406 e. The summed E-state index contributed by atoms with van der Waals surface area (Å²) in [5.41, 5.74) is 6.31. The van der Waals surface area contributed by atoms with E-state index in [2.05, 4.69) is 26.2 Å². The number of hydrogen-bond acceptors (Lipinski definition) is 6. The van der Waals surface area contributed by atoms with E-state index in [4.69, 9.17) is 0 Å². The number of alkyl halides is 3. The SMILES string of the molecule is O=C(NCC1CNNC1)Nc1ccc(S(=O)(=O)c2ccc(OC(F)(F)F)cc2)cc1. The van der Waals surface area contributed by atoms with Gasteiger partial charge in [0.2, 0.25) is 9.84 Å². The number of anilines is 1. The maximum atomic E-state index is 12.6. The minimum atomic E-state index is -4.86. The van der Waals surface area contributed by atoms with Gasteiger partial charge in [0.1, 0.15) is 5.75 Å². The van der Waals surface area contributed by atoms with Crippen molar-refractivity contribution < 1.29 is 31.1 Å². The summed E-state index contributed by atoms with van der Waals surface area (Å²) in [7, 11) is -3.94. The summed E-state index contributed by atoms with van der Waals surface area (Å²) < 4.78 is 65.7. The van der Waals surface area contributed by atoms with Crippen molar-refractivity contribution in [2.24, 2.45) is 5.92 Å². The van der Waals surface area contributed by atoms with E-state index in [-0.39, 0.29) is 15.7 Å². The molecule has 1 aliphatic heterocycles. The van der Waals surface area contributed by atoms with Crippen molar-refractivity contribution in [1.29, 1.82) is 0 Å². The number of rotatable bonds is 6. The molecule has 0 bridgehead atoms. The third-order valence-electron chi connectivity index (χ3n) is 4.25. The molecule has 0 aliphatic carbocycles. The number of amides is 2. The van der Waals surface area contributed by atoms with Crippen LogP contribution in [0.4, 0.5) is 23.7 Å². The summed E-state index contributed by atoms with van der Waals surface area (Å²) in [6.07, 6.45) is -4.86. The van der Waals surface area contributed by atoms with Crippen LogP contribution in [0.25, 0.3) is 0 Å². The topological polar surface area (TPSA) is 109 Å².